The molecule has 0 bridgehead atoms. The van der Waals surface area contributed by atoms with Gasteiger partial charge in [0.25, 0.3) is 5.91 Å². The lowest BCUT2D eigenvalue weighted by molar-refractivity contribution is -0.151. The Morgan fingerprint density at radius 3 is 2.36 bits per heavy atom. The zero-order valence-corrected chi connectivity index (χ0v) is 16.9. The van der Waals surface area contributed by atoms with E-state index >= 15 is 0 Å². The monoisotopic (exact) mass is 353 g/mol. The normalized spacial score (nSPS) is 39.3. The lowest BCUT2D eigenvalue weighted by atomic mass is 9.60. The molecule has 2 aliphatic heterocycles. The van der Waals surface area contributed by atoms with Crippen LogP contribution in [0.5, 0.6) is 0 Å². The average Bonchev–Trinajstić information content (AvgIpc) is 2.83. The second kappa shape index (κ2) is 6.88. The van der Waals surface area contributed by atoms with Crippen LogP contribution in [-0.2, 0) is 9.53 Å². The van der Waals surface area contributed by atoms with E-state index in [0.717, 1.165) is 12.8 Å². The summed E-state index contributed by atoms with van der Waals surface area (Å²) in [5.41, 5.74) is -1.14. The number of urea groups is 1. The summed E-state index contributed by atoms with van der Waals surface area (Å²) in [4.78, 5) is 29.8. The number of carbonyl (C=O) groups excluding carboxylic acids is 2. The number of hydrogen-bond acceptors (Lipinski definition) is 4. The van der Waals surface area contributed by atoms with Gasteiger partial charge >= 0.3 is 6.03 Å². The highest BCUT2D eigenvalue weighted by atomic mass is 16.5. The van der Waals surface area contributed by atoms with E-state index in [1.165, 1.54) is 4.90 Å². The highest BCUT2D eigenvalue weighted by Crippen LogP contribution is 2.51. The summed E-state index contributed by atoms with van der Waals surface area (Å²) >= 11 is 0. The largest absolute Gasteiger partial charge is 0.380 e. The van der Waals surface area contributed by atoms with Crippen LogP contribution in [0.2, 0.25) is 0 Å². The smallest absolute Gasteiger partial charge is 0.325 e. The van der Waals surface area contributed by atoms with Crippen molar-refractivity contribution in [3.05, 3.63) is 0 Å². The van der Waals surface area contributed by atoms with E-state index in [4.69, 9.17) is 4.74 Å². The molecule has 0 aromatic rings. The van der Waals surface area contributed by atoms with Gasteiger partial charge in [0.2, 0.25) is 0 Å². The van der Waals surface area contributed by atoms with Crippen molar-refractivity contribution < 1.29 is 14.3 Å². The summed E-state index contributed by atoms with van der Waals surface area (Å²) in [6.45, 7) is 14.0. The molecule has 2 rings (SSSR count). The Kier molecular flexibility index (Phi) is 5.55. The number of ether oxygens (including phenoxy) is 1. The van der Waals surface area contributed by atoms with E-state index in [1.807, 2.05) is 6.92 Å². The van der Waals surface area contributed by atoms with E-state index in [1.54, 1.807) is 0 Å². The number of nitrogens with one attached hydrogen (secondary N) is 1. The Balaban J connectivity index is 2.41. The van der Waals surface area contributed by atoms with Gasteiger partial charge in [-0.15, -0.1) is 0 Å². The van der Waals surface area contributed by atoms with E-state index in [0.29, 0.717) is 26.2 Å². The van der Waals surface area contributed by atoms with Crippen molar-refractivity contribution in [1.82, 2.24) is 15.1 Å². The molecular weight excluding hydrogens is 318 g/mol. The van der Waals surface area contributed by atoms with Gasteiger partial charge < -0.3 is 10.1 Å². The van der Waals surface area contributed by atoms with Gasteiger partial charge in [-0.1, -0.05) is 20.8 Å². The first-order valence-electron chi connectivity index (χ1n) is 9.58. The van der Waals surface area contributed by atoms with Crippen LogP contribution in [0.15, 0.2) is 0 Å². The first-order valence-corrected chi connectivity index (χ1v) is 9.58. The molecule has 4 atom stereocenters. The molecule has 3 amide bonds. The van der Waals surface area contributed by atoms with Crippen LogP contribution in [0.4, 0.5) is 4.79 Å². The molecule has 2 aliphatic rings. The minimum Gasteiger partial charge on any atom is -0.380 e. The molecule has 1 spiro atoms. The van der Waals surface area contributed by atoms with E-state index in [-0.39, 0.29) is 28.9 Å². The third-order valence-corrected chi connectivity index (χ3v) is 7.25. The molecule has 25 heavy (non-hydrogen) atoms. The summed E-state index contributed by atoms with van der Waals surface area (Å²) in [7, 11) is 2.16. The summed E-state index contributed by atoms with van der Waals surface area (Å²) in [5.74, 6) is -0.0691. The first-order chi connectivity index (χ1) is 11.6. The molecule has 0 saturated carbocycles. The Morgan fingerprint density at radius 2 is 1.84 bits per heavy atom. The molecular formula is C19H35N3O3. The molecule has 6 nitrogen and oxygen atoms in total. The number of piperidine rings is 1. The van der Waals surface area contributed by atoms with Crippen LogP contribution in [0.3, 0.4) is 0 Å². The third kappa shape index (κ3) is 2.87. The van der Waals surface area contributed by atoms with E-state index in [2.05, 4.69) is 51.9 Å². The zero-order valence-electron chi connectivity index (χ0n) is 16.9. The SMILES string of the molecule is CCOCCN1C(=O)NC2(CC(C)(CC)N(C)C(C)(CC)C2C)C1=O. The minimum atomic E-state index is -0.828. The topological polar surface area (TPSA) is 61.9 Å². The van der Waals surface area contributed by atoms with E-state index in [9.17, 15) is 9.59 Å². The van der Waals surface area contributed by atoms with Crippen molar-refractivity contribution >= 4 is 11.9 Å². The highest BCUT2D eigenvalue weighted by Gasteiger charge is 2.65. The van der Waals surface area contributed by atoms with Crippen molar-refractivity contribution in [3.8, 4) is 0 Å². The summed E-state index contributed by atoms with van der Waals surface area (Å²) in [6, 6.07) is -0.280. The van der Waals surface area contributed by atoms with Crippen LogP contribution in [-0.4, -0.2) is 65.2 Å². The fourth-order valence-electron chi connectivity index (χ4n) is 4.78. The second-order valence-electron chi connectivity index (χ2n) is 8.07. The quantitative estimate of drug-likeness (QED) is 0.589. The predicted molar refractivity (Wildman–Crippen MR) is 98.4 cm³/mol. The number of carbonyl (C=O) groups is 2. The maximum absolute atomic E-state index is 13.4. The van der Waals surface area contributed by atoms with Gasteiger partial charge in [0.1, 0.15) is 5.54 Å². The van der Waals surface area contributed by atoms with Crippen molar-refractivity contribution in [2.75, 3.05) is 26.8 Å². The van der Waals surface area contributed by atoms with E-state index < -0.39 is 5.54 Å². The fraction of sp³-hybridized carbons (Fsp3) is 0.895. The second-order valence-corrected chi connectivity index (χ2v) is 8.07. The Hall–Kier alpha value is -1.14. The molecule has 0 radical (unpaired) electrons. The number of likely N-dealkylation sites (tertiary alicyclic amines) is 1. The molecule has 144 valence electrons. The van der Waals surface area contributed by atoms with Gasteiger partial charge in [0, 0.05) is 23.6 Å². The van der Waals surface area contributed by atoms with Crippen molar-refractivity contribution in [3.63, 3.8) is 0 Å². The molecule has 4 unspecified atom stereocenters. The summed E-state index contributed by atoms with van der Waals surface area (Å²) in [6.07, 6.45) is 2.49. The molecule has 2 saturated heterocycles. The van der Waals surface area contributed by atoms with Crippen LogP contribution in [0, 0.1) is 5.92 Å². The Labute approximate surface area is 152 Å². The molecule has 2 fully saturated rings. The van der Waals surface area contributed by atoms with Crippen molar-refractivity contribution in [2.45, 2.75) is 77.4 Å². The number of rotatable bonds is 6. The van der Waals surface area contributed by atoms with Crippen LogP contribution < -0.4 is 5.32 Å². The molecule has 6 heteroatoms. The summed E-state index contributed by atoms with van der Waals surface area (Å²) in [5, 5.41) is 3.10. The highest BCUT2D eigenvalue weighted by molar-refractivity contribution is 6.07. The summed E-state index contributed by atoms with van der Waals surface area (Å²) < 4.78 is 5.35. The Bertz CT molecular complexity index is 540. The number of hydrogen-bond donors (Lipinski definition) is 1. The van der Waals surface area contributed by atoms with Gasteiger partial charge in [-0.2, -0.15) is 0 Å². The average molecular weight is 354 g/mol. The van der Waals surface area contributed by atoms with Crippen molar-refractivity contribution in [2.24, 2.45) is 5.92 Å². The van der Waals surface area contributed by atoms with Gasteiger partial charge in [0.15, 0.2) is 0 Å². The molecule has 0 aromatic carbocycles. The van der Waals surface area contributed by atoms with Gasteiger partial charge in [0.05, 0.1) is 13.2 Å². The third-order valence-electron chi connectivity index (χ3n) is 7.25. The Morgan fingerprint density at radius 1 is 1.20 bits per heavy atom. The van der Waals surface area contributed by atoms with Crippen LogP contribution in [0.25, 0.3) is 0 Å². The van der Waals surface area contributed by atoms with Crippen LogP contribution >= 0.6 is 0 Å². The van der Waals surface area contributed by atoms with Gasteiger partial charge in [-0.3, -0.25) is 14.6 Å². The molecule has 1 N–H and O–H groups in total. The lowest BCUT2D eigenvalue weighted by Gasteiger charge is -2.62. The van der Waals surface area contributed by atoms with Gasteiger partial charge in [-0.05, 0) is 47.1 Å². The maximum Gasteiger partial charge on any atom is 0.325 e. The first kappa shape index (κ1) is 20.2. The lowest BCUT2D eigenvalue weighted by Crippen LogP contribution is -2.74. The number of amides is 3. The maximum atomic E-state index is 13.4. The molecule has 2 heterocycles. The fourth-order valence-corrected chi connectivity index (χ4v) is 4.78. The number of imide groups is 1. The molecule has 0 aromatic heterocycles. The molecule has 0 aliphatic carbocycles. The van der Waals surface area contributed by atoms with Crippen molar-refractivity contribution in [1.29, 1.82) is 0 Å². The zero-order chi connectivity index (χ0) is 19.0. The van der Waals surface area contributed by atoms with Crippen LogP contribution in [0.1, 0.15) is 60.8 Å². The van der Waals surface area contributed by atoms with Gasteiger partial charge in [-0.25, -0.2) is 4.79 Å². The number of nitrogens with zero attached hydrogens (tertiary/aromatic N) is 2. The predicted octanol–water partition coefficient (Wildman–Crippen LogP) is 2.62. The standard InChI is InChI=1S/C19H35N3O3/c1-8-17(5)13-19(14(4)18(6,9-2)21(17)7)15(23)22(16(24)20-19)11-12-25-10-3/h14H,8-13H2,1-7H3,(H,20,24). The minimum absolute atomic E-state index is 0.0168.